The van der Waals surface area contributed by atoms with Crippen molar-refractivity contribution in [1.29, 1.82) is 0 Å². The third-order valence-electron chi connectivity index (χ3n) is 7.77. The number of nitrogens with one attached hydrogen (secondary N) is 1. The van der Waals surface area contributed by atoms with E-state index in [0.29, 0.717) is 0 Å². The van der Waals surface area contributed by atoms with Crippen molar-refractivity contribution in [3.8, 4) is 5.75 Å². The van der Waals surface area contributed by atoms with Crippen LogP contribution in [0, 0.1) is 13.8 Å². The minimum absolute atomic E-state index is 0.0143. The smallest absolute Gasteiger partial charge is 0.264 e. The number of hydrogen-bond acceptors (Lipinski definition) is 5. The summed E-state index contributed by atoms with van der Waals surface area (Å²) in [5, 5.41) is 3.37. The van der Waals surface area contributed by atoms with Crippen molar-refractivity contribution in [2.45, 2.75) is 70.0 Å². The first-order valence-corrected chi connectivity index (χ1v) is 15.9. The number of anilines is 1. The fraction of sp³-hybridized carbons (Fsp3) is 0.375. The average molecular weight is 612 g/mol. The van der Waals surface area contributed by atoms with Gasteiger partial charge in [0, 0.05) is 17.6 Å². The lowest BCUT2D eigenvalue weighted by Crippen LogP contribution is -2.52. The molecule has 4 rings (SSSR count). The zero-order chi connectivity index (χ0) is 30.4. The van der Waals surface area contributed by atoms with Crippen LogP contribution >= 0.6 is 11.6 Å². The molecule has 2 amide bonds. The molecule has 0 aliphatic heterocycles. The number of halogens is 1. The number of amides is 2. The minimum Gasteiger partial charge on any atom is -0.495 e. The van der Waals surface area contributed by atoms with Crippen LogP contribution in [0.5, 0.6) is 5.75 Å². The molecule has 42 heavy (non-hydrogen) atoms. The number of rotatable bonds is 11. The van der Waals surface area contributed by atoms with E-state index >= 15 is 0 Å². The minimum atomic E-state index is -4.25. The van der Waals surface area contributed by atoms with Crippen LogP contribution in [-0.4, -0.2) is 50.9 Å². The lowest BCUT2D eigenvalue weighted by atomic mass is 10.1. The quantitative estimate of drug-likeness (QED) is 0.303. The Hall–Kier alpha value is -3.56. The molecule has 1 N–H and O–H groups in total. The number of benzene rings is 3. The Morgan fingerprint density at radius 2 is 1.69 bits per heavy atom. The molecule has 0 unspecified atom stereocenters. The molecule has 10 heteroatoms. The van der Waals surface area contributed by atoms with Gasteiger partial charge in [0.15, 0.2) is 0 Å². The maximum absolute atomic E-state index is 14.2. The highest BCUT2D eigenvalue weighted by atomic mass is 35.5. The van der Waals surface area contributed by atoms with Gasteiger partial charge in [0.2, 0.25) is 11.8 Å². The van der Waals surface area contributed by atoms with Crippen LogP contribution in [0.2, 0.25) is 5.02 Å². The van der Waals surface area contributed by atoms with E-state index < -0.39 is 28.5 Å². The summed E-state index contributed by atoms with van der Waals surface area (Å²) in [7, 11) is -2.83. The van der Waals surface area contributed by atoms with Crippen LogP contribution in [0.25, 0.3) is 0 Å². The first kappa shape index (κ1) is 31.4. The van der Waals surface area contributed by atoms with E-state index in [1.54, 1.807) is 31.2 Å². The molecule has 1 atom stereocenters. The first-order chi connectivity index (χ1) is 20.0. The predicted octanol–water partition coefficient (Wildman–Crippen LogP) is 5.64. The molecule has 1 saturated carbocycles. The Morgan fingerprint density at radius 3 is 2.33 bits per heavy atom. The van der Waals surface area contributed by atoms with Gasteiger partial charge in [-0.3, -0.25) is 13.9 Å². The number of methoxy groups -OCH3 is 1. The van der Waals surface area contributed by atoms with E-state index in [1.807, 2.05) is 38.1 Å². The van der Waals surface area contributed by atoms with Crippen molar-refractivity contribution < 1.29 is 22.7 Å². The van der Waals surface area contributed by atoms with Crippen LogP contribution in [0.4, 0.5) is 5.69 Å². The molecule has 3 aromatic rings. The van der Waals surface area contributed by atoms with E-state index in [1.165, 1.54) is 30.2 Å². The summed E-state index contributed by atoms with van der Waals surface area (Å²) in [5.74, 6) is -0.567. The Bertz CT molecular complexity index is 1520. The van der Waals surface area contributed by atoms with E-state index in [4.69, 9.17) is 16.3 Å². The Labute approximate surface area is 253 Å². The second kappa shape index (κ2) is 13.6. The van der Waals surface area contributed by atoms with Crippen LogP contribution in [-0.2, 0) is 26.2 Å². The second-order valence-electron chi connectivity index (χ2n) is 10.8. The van der Waals surface area contributed by atoms with Crippen LogP contribution in [0.1, 0.15) is 49.3 Å². The third kappa shape index (κ3) is 7.25. The molecule has 1 aliphatic rings. The summed E-state index contributed by atoms with van der Waals surface area (Å²) < 4.78 is 34.7. The van der Waals surface area contributed by atoms with Gasteiger partial charge < -0.3 is 15.0 Å². The molecule has 0 bridgehead atoms. The number of carbonyl (C=O) groups is 2. The molecule has 224 valence electrons. The summed E-state index contributed by atoms with van der Waals surface area (Å²) >= 11 is 6.31. The van der Waals surface area contributed by atoms with Crippen molar-refractivity contribution >= 4 is 39.1 Å². The SMILES string of the molecule is COc1ccc(Cl)cc1N(CC(=O)N(Cc1ccccc1C)[C@@H](C)C(=O)NC1CCCC1)S(=O)(=O)c1ccc(C)cc1. The largest absolute Gasteiger partial charge is 0.495 e. The molecule has 0 spiro atoms. The van der Waals surface area contributed by atoms with Crippen molar-refractivity contribution in [2.24, 2.45) is 0 Å². The molecule has 3 aromatic carbocycles. The van der Waals surface area contributed by atoms with Crippen molar-refractivity contribution in [1.82, 2.24) is 10.2 Å². The zero-order valence-corrected chi connectivity index (χ0v) is 26.0. The highest BCUT2D eigenvalue weighted by Crippen LogP contribution is 2.35. The number of aryl methyl sites for hydroxylation is 2. The van der Waals surface area contributed by atoms with Gasteiger partial charge in [0.1, 0.15) is 18.3 Å². The van der Waals surface area contributed by atoms with Gasteiger partial charge in [-0.1, -0.05) is 66.4 Å². The fourth-order valence-corrected chi connectivity index (χ4v) is 6.74. The van der Waals surface area contributed by atoms with Gasteiger partial charge in [0.25, 0.3) is 10.0 Å². The van der Waals surface area contributed by atoms with E-state index in [9.17, 15) is 18.0 Å². The first-order valence-electron chi connectivity index (χ1n) is 14.1. The summed E-state index contributed by atoms with van der Waals surface area (Å²) in [6, 6.07) is 17.8. The average Bonchev–Trinajstić information content (AvgIpc) is 3.48. The Balaban J connectivity index is 1.75. The number of carbonyl (C=O) groups excluding carboxylic acids is 2. The lowest BCUT2D eigenvalue weighted by molar-refractivity contribution is -0.139. The topological polar surface area (TPSA) is 96.0 Å². The van der Waals surface area contributed by atoms with Crippen LogP contribution < -0.4 is 14.4 Å². The summed E-state index contributed by atoms with van der Waals surface area (Å²) in [6.45, 7) is 5.04. The lowest BCUT2D eigenvalue weighted by Gasteiger charge is -2.33. The predicted molar refractivity (Wildman–Crippen MR) is 165 cm³/mol. The molecule has 8 nitrogen and oxygen atoms in total. The third-order valence-corrected chi connectivity index (χ3v) is 9.78. The highest BCUT2D eigenvalue weighted by molar-refractivity contribution is 7.92. The molecule has 1 aliphatic carbocycles. The van der Waals surface area contributed by atoms with Gasteiger partial charge in [-0.2, -0.15) is 0 Å². The maximum Gasteiger partial charge on any atom is 0.264 e. The van der Waals surface area contributed by atoms with Gasteiger partial charge in [-0.25, -0.2) is 8.42 Å². The Kier molecular flexibility index (Phi) is 10.2. The van der Waals surface area contributed by atoms with E-state index in [2.05, 4.69) is 5.32 Å². The van der Waals surface area contributed by atoms with Gasteiger partial charge in [-0.15, -0.1) is 0 Å². The molecule has 1 fully saturated rings. The molecule has 0 saturated heterocycles. The van der Waals surface area contributed by atoms with Crippen molar-refractivity contribution in [2.75, 3.05) is 18.0 Å². The standard InChI is InChI=1S/C32H38ClN3O5S/c1-22-13-16-28(17-14-22)42(39,40)36(29-19-26(33)15-18-30(29)41-4)21-31(37)35(20-25-10-6-5-9-23(25)2)24(3)32(38)34-27-11-7-8-12-27/h5-6,9-10,13-19,24,27H,7-8,11-12,20-21H2,1-4H3,(H,34,38)/t24-/m0/s1. The normalized spacial score (nSPS) is 14.3. The number of hydrogen-bond donors (Lipinski definition) is 1. The molecule has 0 aromatic heterocycles. The molecule has 0 radical (unpaired) electrons. The van der Waals surface area contributed by atoms with Crippen LogP contribution in [0.15, 0.2) is 71.6 Å². The number of ether oxygens (including phenoxy) is 1. The van der Waals surface area contributed by atoms with Crippen molar-refractivity contribution in [3.05, 3.63) is 88.4 Å². The number of nitrogens with zero attached hydrogens (tertiary/aromatic N) is 2. The fourth-order valence-electron chi connectivity index (χ4n) is 5.15. The summed E-state index contributed by atoms with van der Waals surface area (Å²) in [4.78, 5) is 29.1. The van der Waals surface area contributed by atoms with Gasteiger partial charge >= 0.3 is 0 Å². The highest BCUT2D eigenvalue weighted by Gasteiger charge is 2.34. The number of sulfonamides is 1. The molecular formula is C32H38ClN3O5S. The van der Waals surface area contributed by atoms with Gasteiger partial charge in [-0.05, 0) is 75.1 Å². The van der Waals surface area contributed by atoms with E-state index in [-0.39, 0.29) is 39.8 Å². The Morgan fingerprint density at radius 1 is 1.02 bits per heavy atom. The van der Waals surface area contributed by atoms with Crippen LogP contribution in [0.3, 0.4) is 0 Å². The summed E-state index contributed by atoms with van der Waals surface area (Å²) in [5.41, 5.74) is 2.83. The second-order valence-corrected chi connectivity index (χ2v) is 13.1. The maximum atomic E-state index is 14.2. The van der Waals surface area contributed by atoms with Crippen molar-refractivity contribution in [3.63, 3.8) is 0 Å². The zero-order valence-electron chi connectivity index (χ0n) is 24.5. The summed E-state index contributed by atoms with van der Waals surface area (Å²) in [6.07, 6.45) is 3.92. The molecular weight excluding hydrogens is 574 g/mol. The van der Waals surface area contributed by atoms with Gasteiger partial charge in [0.05, 0.1) is 17.7 Å². The molecule has 0 heterocycles. The van der Waals surface area contributed by atoms with E-state index in [0.717, 1.165) is 46.7 Å². The monoisotopic (exact) mass is 611 g/mol.